The number of hydrogen-bond donors (Lipinski definition) is 1. The van der Waals surface area contributed by atoms with E-state index in [0.29, 0.717) is 0 Å². The van der Waals surface area contributed by atoms with Crippen LogP contribution in [0.2, 0.25) is 0 Å². The van der Waals surface area contributed by atoms with E-state index in [4.69, 9.17) is 4.74 Å². The Hall–Kier alpha value is -0.770. The number of carbonyl (C=O) groups excluding carboxylic acids is 1. The molecule has 1 aliphatic rings. The lowest BCUT2D eigenvalue weighted by Crippen LogP contribution is -2.40. The van der Waals surface area contributed by atoms with Gasteiger partial charge in [-0.25, -0.2) is 4.79 Å². The van der Waals surface area contributed by atoms with Crippen molar-refractivity contribution >= 4 is 6.09 Å². The quantitative estimate of drug-likeness (QED) is 0.800. The van der Waals surface area contributed by atoms with Gasteiger partial charge in [-0.3, -0.25) is 0 Å². The van der Waals surface area contributed by atoms with Gasteiger partial charge >= 0.3 is 6.09 Å². The minimum Gasteiger partial charge on any atom is -0.446 e. The third-order valence-corrected chi connectivity index (χ3v) is 2.75. The number of piperidine rings is 1. The summed E-state index contributed by atoms with van der Waals surface area (Å²) >= 11 is 0. The summed E-state index contributed by atoms with van der Waals surface area (Å²) in [6, 6.07) is 0.146. The highest BCUT2D eigenvalue weighted by molar-refractivity contribution is 5.67. The molecule has 0 saturated carbocycles. The van der Waals surface area contributed by atoms with E-state index < -0.39 is 0 Å². The van der Waals surface area contributed by atoms with Crippen molar-refractivity contribution in [3.63, 3.8) is 0 Å². The zero-order valence-electron chi connectivity index (χ0n) is 10.7. The molecule has 1 amide bonds. The molecule has 0 aromatic heterocycles. The summed E-state index contributed by atoms with van der Waals surface area (Å²) in [6.45, 7) is 9.32. The lowest BCUT2D eigenvalue weighted by Gasteiger charge is -2.31. The molecular weight excluding hydrogens is 204 g/mol. The molecule has 0 aliphatic carbocycles. The Morgan fingerprint density at radius 1 is 1.44 bits per heavy atom. The summed E-state index contributed by atoms with van der Waals surface area (Å²) in [7, 11) is 0. The Kier molecular flexibility index (Phi) is 5.60. The maximum Gasteiger partial charge on any atom is 0.407 e. The van der Waals surface area contributed by atoms with Crippen LogP contribution in [0.25, 0.3) is 0 Å². The van der Waals surface area contributed by atoms with Gasteiger partial charge in [0.1, 0.15) is 6.10 Å². The maximum absolute atomic E-state index is 11.4. The van der Waals surface area contributed by atoms with Gasteiger partial charge in [0, 0.05) is 19.1 Å². The zero-order valence-corrected chi connectivity index (χ0v) is 10.7. The van der Waals surface area contributed by atoms with Gasteiger partial charge in [-0.2, -0.15) is 0 Å². The highest BCUT2D eigenvalue weighted by Gasteiger charge is 2.21. The topological polar surface area (TPSA) is 41.6 Å². The fraction of sp³-hybridized carbons (Fsp3) is 0.917. The van der Waals surface area contributed by atoms with Crippen molar-refractivity contribution in [1.82, 2.24) is 10.2 Å². The molecule has 0 bridgehead atoms. The molecular formula is C12H24N2O2. The summed E-state index contributed by atoms with van der Waals surface area (Å²) in [4.78, 5) is 13.8. The summed E-state index contributed by atoms with van der Waals surface area (Å²) in [5.74, 6) is 0. The fourth-order valence-corrected chi connectivity index (χ4v) is 1.99. The molecule has 1 N–H and O–H groups in total. The molecule has 4 nitrogen and oxygen atoms in total. The second kappa shape index (κ2) is 6.74. The third-order valence-electron chi connectivity index (χ3n) is 2.75. The number of nitrogens with one attached hydrogen (secondary N) is 1. The van der Waals surface area contributed by atoms with Gasteiger partial charge in [0.05, 0.1) is 0 Å². The summed E-state index contributed by atoms with van der Waals surface area (Å²) in [5.41, 5.74) is 0. The fourth-order valence-electron chi connectivity index (χ4n) is 1.99. The Balaban J connectivity index is 2.19. The van der Waals surface area contributed by atoms with E-state index in [0.717, 1.165) is 32.5 Å². The first-order valence-corrected chi connectivity index (χ1v) is 6.31. The van der Waals surface area contributed by atoms with Gasteiger partial charge < -0.3 is 15.0 Å². The lowest BCUT2D eigenvalue weighted by atomic mass is 10.1. The monoisotopic (exact) mass is 228 g/mol. The van der Waals surface area contributed by atoms with Crippen LogP contribution in [0, 0.1) is 0 Å². The van der Waals surface area contributed by atoms with E-state index in [1.807, 2.05) is 13.8 Å². The van der Waals surface area contributed by atoms with Crippen LogP contribution in [0.4, 0.5) is 4.79 Å². The van der Waals surface area contributed by atoms with Gasteiger partial charge in [0.15, 0.2) is 0 Å². The van der Waals surface area contributed by atoms with Gasteiger partial charge in [-0.05, 0) is 39.7 Å². The van der Waals surface area contributed by atoms with Gasteiger partial charge in [0.25, 0.3) is 0 Å². The molecule has 4 heteroatoms. The number of hydrogen-bond acceptors (Lipinski definition) is 3. The summed E-state index contributed by atoms with van der Waals surface area (Å²) in [5, 5.41) is 2.75. The van der Waals surface area contributed by atoms with Crippen molar-refractivity contribution in [1.29, 1.82) is 0 Å². The minimum absolute atomic E-state index is 0.104. The second-order valence-electron chi connectivity index (χ2n) is 4.75. The Morgan fingerprint density at radius 3 is 2.56 bits per heavy atom. The number of ether oxygens (including phenoxy) is 1. The van der Waals surface area contributed by atoms with Gasteiger partial charge in [-0.1, -0.05) is 6.92 Å². The molecule has 94 valence electrons. The minimum atomic E-state index is -0.274. The van der Waals surface area contributed by atoms with E-state index in [-0.39, 0.29) is 18.2 Å². The molecule has 1 aliphatic heterocycles. The average Bonchev–Trinajstić information content (AvgIpc) is 2.20. The van der Waals surface area contributed by atoms with Crippen LogP contribution in [0.5, 0.6) is 0 Å². The van der Waals surface area contributed by atoms with Crippen molar-refractivity contribution in [2.45, 2.75) is 52.2 Å². The molecule has 0 spiro atoms. The molecule has 0 aromatic carbocycles. The van der Waals surface area contributed by atoms with Crippen molar-refractivity contribution in [3.05, 3.63) is 0 Å². The van der Waals surface area contributed by atoms with E-state index >= 15 is 0 Å². The van der Waals surface area contributed by atoms with Crippen molar-refractivity contribution in [3.8, 4) is 0 Å². The number of nitrogens with zero attached hydrogens (tertiary/aromatic N) is 1. The first-order chi connectivity index (χ1) is 7.61. The number of rotatable bonds is 4. The van der Waals surface area contributed by atoms with E-state index in [2.05, 4.69) is 17.1 Å². The Labute approximate surface area is 98.3 Å². The molecule has 0 aromatic rings. The van der Waals surface area contributed by atoms with Gasteiger partial charge in [0.2, 0.25) is 0 Å². The smallest absolute Gasteiger partial charge is 0.407 e. The molecule has 1 saturated heterocycles. The van der Waals surface area contributed by atoms with Crippen LogP contribution in [0.15, 0.2) is 0 Å². The van der Waals surface area contributed by atoms with Crippen LogP contribution < -0.4 is 5.32 Å². The third kappa shape index (κ3) is 4.84. The molecule has 0 unspecified atom stereocenters. The predicted molar refractivity (Wildman–Crippen MR) is 64.5 cm³/mol. The van der Waals surface area contributed by atoms with Crippen LogP contribution in [-0.2, 0) is 4.74 Å². The highest BCUT2D eigenvalue weighted by Crippen LogP contribution is 2.13. The predicted octanol–water partition coefficient (Wildman–Crippen LogP) is 2.00. The van der Waals surface area contributed by atoms with Crippen molar-refractivity contribution in [2.75, 3.05) is 19.6 Å². The standard InChI is InChI=1S/C12H24N2O2/c1-4-7-14-8-5-11(6-9-14)16-12(15)13-10(2)3/h10-11H,4-9H2,1-3H3,(H,13,15). The Morgan fingerprint density at radius 2 is 2.06 bits per heavy atom. The maximum atomic E-state index is 11.4. The molecule has 1 heterocycles. The van der Waals surface area contributed by atoms with Crippen molar-refractivity contribution in [2.24, 2.45) is 0 Å². The van der Waals surface area contributed by atoms with Crippen LogP contribution in [0.1, 0.15) is 40.0 Å². The largest absolute Gasteiger partial charge is 0.446 e. The first kappa shape index (κ1) is 13.3. The second-order valence-corrected chi connectivity index (χ2v) is 4.75. The molecule has 0 radical (unpaired) electrons. The van der Waals surface area contributed by atoms with Crippen LogP contribution >= 0.6 is 0 Å². The number of amides is 1. The number of likely N-dealkylation sites (tertiary alicyclic amines) is 1. The molecule has 0 atom stereocenters. The number of alkyl carbamates (subject to hydrolysis) is 1. The molecule has 16 heavy (non-hydrogen) atoms. The van der Waals surface area contributed by atoms with Crippen LogP contribution in [0.3, 0.4) is 0 Å². The molecule has 1 rings (SSSR count). The summed E-state index contributed by atoms with van der Waals surface area (Å²) in [6.07, 6.45) is 2.95. The molecule has 1 fully saturated rings. The highest BCUT2D eigenvalue weighted by atomic mass is 16.6. The van der Waals surface area contributed by atoms with E-state index in [9.17, 15) is 4.79 Å². The normalized spacial score (nSPS) is 18.8. The SMILES string of the molecule is CCCN1CCC(OC(=O)NC(C)C)CC1. The average molecular weight is 228 g/mol. The van der Waals surface area contributed by atoms with Crippen molar-refractivity contribution < 1.29 is 9.53 Å². The lowest BCUT2D eigenvalue weighted by molar-refractivity contribution is 0.0497. The number of carbonyl (C=O) groups is 1. The first-order valence-electron chi connectivity index (χ1n) is 6.31. The Bertz CT molecular complexity index is 211. The van der Waals surface area contributed by atoms with E-state index in [1.165, 1.54) is 6.42 Å². The van der Waals surface area contributed by atoms with E-state index in [1.54, 1.807) is 0 Å². The van der Waals surface area contributed by atoms with Gasteiger partial charge in [-0.15, -0.1) is 0 Å². The summed E-state index contributed by atoms with van der Waals surface area (Å²) < 4.78 is 5.35. The van der Waals surface area contributed by atoms with Crippen LogP contribution in [-0.4, -0.2) is 42.8 Å². The zero-order chi connectivity index (χ0) is 12.0.